The zero-order chi connectivity index (χ0) is 15.9. The van der Waals surface area contributed by atoms with E-state index in [9.17, 15) is 0 Å². The zero-order valence-corrected chi connectivity index (χ0v) is 14.5. The zero-order valence-electron chi connectivity index (χ0n) is 13.7. The largest absolute Gasteiger partial charge is 0.497 e. The minimum absolute atomic E-state index is 0. The summed E-state index contributed by atoms with van der Waals surface area (Å²) in [6.45, 7) is 1.65. The van der Waals surface area contributed by atoms with Crippen molar-refractivity contribution < 1.29 is 9.15 Å². The van der Waals surface area contributed by atoms with Crippen LogP contribution in [0.15, 0.2) is 71.1 Å². The number of methoxy groups -OCH3 is 1. The predicted molar refractivity (Wildman–Crippen MR) is 99.8 cm³/mol. The lowest BCUT2D eigenvalue weighted by Crippen LogP contribution is -2.16. The Morgan fingerprint density at radius 2 is 1.67 bits per heavy atom. The molecular weight excluding hydrogens is 322 g/mol. The molecule has 24 heavy (non-hydrogen) atoms. The van der Waals surface area contributed by atoms with Gasteiger partial charge >= 0.3 is 0 Å². The summed E-state index contributed by atoms with van der Waals surface area (Å²) in [7, 11) is 1.68. The number of benzene rings is 2. The summed E-state index contributed by atoms with van der Waals surface area (Å²) in [5.41, 5.74) is 2.40. The van der Waals surface area contributed by atoms with Crippen molar-refractivity contribution in [3.05, 3.63) is 78.1 Å². The maximum Gasteiger partial charge on any atom is 0.134 e. The Balaban J connectivity index is 0.00000208. The normalized spacial score (nSPS) is 10.2. The molecule has 0 spiro atoms. The van der Waals surface area contributed by atoms with Crippen LogP contribution >= 0.6 is 12.4 Å². The molecular formula is C20H22ClNO2. The Hall–Kier alpha value is -2.23. The molecule has 0 saturated heterocycles. The quantitative estimate of drug-likeness (QED) is 0.631. The third kappa shape index (κ3) is 4.88. The van der Waals surface area contributed by atoms with Crippen LogP contribution in [0.2, 0.25) is 0 Å². The Bertz CT molecular complexity index is 723. The molecule has 4 heteroatoms. The summed E-state index contributed by atoms with van der Waals surface area (Å²) in [5.74, 6) is 2.77. The summed E-state index contributed by atoms with van der Waals surface area (Å²) in [5, 5.41) is 3.42. The highest BCUT2D eigenvalue weighted by atomic mass is 35.5. The Morgan fingerprint density at radius 1 is 0.917 bits per heavy atom. The molecule has 126 valence electrons. The van der Waals surface area contributed by atoms with Crippen LogP contribution in [0.25, 0.3) is 11.3 Å². The molecule has 0 aliphatic heterocycles. The molecule has 2 aromatic carbocycles. The van der Waals surface area contributed by atoms with Gasteiger partial charge in [0.2, 0.25) is 0 Å². The van der Waals surface area contributed by atoms with E-state index in [1.807, 2.05) is 42.5 Å². The molecule has 3 nitrogen and oxygen atoms in total. The van der Waals surface area contributed by atoms with Crippen molar-refractivity contribution in [2.45, 2.75) is 13.0 Å². The van der Waals surface area contributed by atoms with Crippen molar-refractivity contribution in [3.63, 3.8) is 0 Å². The van der Waals surface area contributed by atoms with Crippen molar-refractivity contribution >= 4 is 12.4 Å². The van der Waals surface area contributed by atoms with Crippen LogP contribution in [0.3, 0.4) is 0 Å². The van der Waals surface area contributed by atoms with Gasteiger partial charge in [0.1, 0.15) is 17.3 Å². The number of hydrogen-bond acceptors (Lipinski definition) is 3. The topological polar surface area (TPSA) is 34.4 Å². The number of rotatable bonds is 7. The molecule has 3 aromatic rings. The number of ether oxygens (including phenoxy) is 1. The fourth-order valence-electron chi connectivity index (χ4n) is 2.47. The number of hydrogen-bond donors (Lipinski definition) is 1. The van der Waals surface area contributed by atoms with Crippen LogP contribution in [0, 0.1) is 0 Å². The second-order valence-electron chi connectivity index (χ2n) is 5.41. The van der Waals surface area contributed by atoms with Crippen molar-refractivity contribution in [1.29, 1.82) is 0 Å². The fourth-order valence-corrected chi connectivity index (χ4v) is 2.47. The summed E-state index contributed by atoms with van der Waals surface area (Å²) < 4.78 is 11.0. The molecule has 0 unspecified atom stereocenters. The van der Waals surface area contributed by atoms with Crippen molar-refractivity contribution in [2.24, 2.45) is 0 Å². The van der Waals surface area contributed by atoms with E-state index < -0.39 is 0 Å². The summed E-state index contributed by atoms with van der Waals surface area (Å²) in [4.78, 5) is 0. The lowest BCUT2D eigenvalue weighted by Gasteiger charge is -2.05. The number of furan rings is 1. The fraction of sp³-hybridized carbons (Fsp3) is 0.200. The molecule has 1 aromatic heterocycles. The van der Waals surface area contributed by atoms with E-state index in [4.69, 9.17) is 9.15 Å². The van der Waals surface area contributed by atoms with Gasteiger partial charge in [0.25, 0.3) is 0 Å². The minimum atomic E-state index is 0. The van der Waals surface area contributed by atoms with E-state index in [0.29, 0.717) is 0 Å². The van der Waals surface area contributed by atoms with E-state index >= 15 is 0 Å². The molecule has 1 heterocycles. The van der Waals surface area contributed by atoms with Crippen molar-refractivity contribution in [1.82, 2.24) is 5.32 Å². The Labute approximate surface area is 149 Å². The monoisotopic (exact) mass is 343 g/mol. The lowest BCUT2D eigenvalue weighted by molar-refractivity contribution is 0.414. The van der Waals surface area contributed by atoms with Gasteiger partial charge in [0.15, 0.2) is 0 Å². The van der Waals surface area contributed by atoms with Crippen LogP contribution in [-0.4, -0.2) is 13.7 Å². The smallest absolute Gasteiger partial charge is 0.134 e. The molecule has 0 bridgehead atoms. The predicted octanol–water partition coefficient (Wildman–Crippen LogP) is 4.71. The maximum atomic E-state index is 5.87. The first kappa shape index (κ1) is 18.1. The van der Waals surface area contributed by atoms with E-state index in [2.05, 4.69) is 29.6 Å². The molecule has 0 aliphatic carbocycles. The van der Waals surface area contributed by atoms with Gasteiger partial charge in [-0.25, -0.2) is 0 Å². The second kappa shape index (κ2) is 9.16. The highest BCUT2D eigenvalue weighted by molar-refractivity contribution is 5.85. The van der Waals surface area contributed by atoms with Gasteiger partial charge < -0.3 is 14.5 Å². The molecule has 0 aliphatic rings. The van der Waals surface area contributed by atoms with E-state index in [-0.39, 0.29) is 12.4 Å². The minimum Gasteiger partial charge on any atom is -0.497 e. The molecule has 0 fully saturated rings. The third-order valence-electron chi connectivity index (χ3n) is 3.77. The van der Waals surface area contributed by atoms with Gasteiger partial charge in [-0.1, -0.05) is 42.5 Å². The molecule has 3 rings (SSSR count). The van der Waals surface area contributed by atoms with Crippen LogP contribution in [-0.2, 0) is 13.0 Å². The standard InChI is InChI=1S/C20H21NO2.ClH/c1-22-18-9-7-16(8-10-18)13-14-21-15-19-11-12-20(23-19)17-5-3-2-4-6-17;/h2-12,21H,13-15H2,1H3;1H. The molecule has 0 atom stereocenters. The molecule has 1 N–H and O–H groups in total. The van der Waals surface area contributed by atoms with Gasteiger partial charge in [0, 0.05) is 5.56 Å². The number of halogens is 1. The van der Waals surface area contributed by atoms with Gasteiger partial charge in [0.05, 0.1) is 13.7 Å². The van der Waals surface area contributed by atoms with Gasteiger partial charge in [-0.05, 0) is 42.8 Å². The molecule has 0 amide bonds. The van der Waals surface area contributed by atoms with Gasteiger partial charge in [-0.15, -0.1) is 12.4 Å². The van der Waals surface area contributed by atoms with E-state index in [1.54, 1.807) is 7.11 Å². The average molecular weight is 344 g/mol. The van der Waals surface area contributed by atoms with Crippen molar-refractivity contribution in [3.8, 4) is 17.1 Å². The summed E-state index contributed by atoms with van der Waals surface area (Å²) >= 11 is 0. The first-order chi connectivity index (χ1) is 11.3. The van der Waals surface area contributed by atoms with Crippen LogP contribution < -0.4 is 10.1 Å². The van der Waals surface area contributed by atoms with E-state index in [0.717, 1.165) is 42.3 Å². The lowest BCUT2D eigenvalue weighted by atomic mass is 10.1. The number of nitrogens with one attached hydrogen (secondary N) is 1. The third-order valence-corrected chi connectivity index (χ3v) is 3.77. The molecule has 0 radical (unpaired) electrons. The van der Waals surface area contributed by atoms with Gasteiger partial charge in [-0.3, -0.25) is 0 Å². The van der Waals surface area contributed by atoms with Crippen molar-refractivity contribution in [2.75, 3.05) is 13.7 Å². The van der Waals surface area contributed by atoms with Crippen LogP contribution in [0.5, 0.6) is 5.75 Å². The van der Waals surface area contributed by atoms with Crippen LogP contribution in [0.4, 0.5) is 0 Å². The highest BCUT2D eigenvalue weighted by Crippen LogP contribution is 2.21. The summed E-state index contributed by atoms with van der Waals surface area (Å²) in [6.07, 6.45) is 0.982. The maximum absolute atomic E-state index is 5.87. The highest BCUT2D eigenvalue weighted by Gasteiger charge is 2.04. The van der Waals surface area contributed by atoms with E-state index in [1.165, 1.54) is 5.56 Å². The first-order valence-corrected chi connectivity index (χ1v) is 7.83. The Morgan fingerprint density at radius 3 is 2.38 bits per heavy atom. The summed E-state index contributed by atoms with van der Waals surface area (Å²) in [6, 6.07) is 22.4. The molecule has 0 saturated carbocycles. The average Bonchev–Trinajstić information content (AvgIpc) is 3.09. The SMILES string of the molecule is COc1ccc(CCNCc2ccc(-c3ccccc3)o2)cc1.Cl. The van der Waals surface area contributed by atoms with Crippen LogP contribution in [0.1, 0.15) is 11.3 Å². The van der Waals surface area contributed by atoms with Gasteiger partial charge in [-0.2, -0.15) is 0 Å². The Kier molecular flexibility index (Phi) is 6.91. The second-order valence-corrected chi connectivity index (χ2v) is 5.41. The first-order valence-electron chi connectivity index (χ1n) is 7.83.